The van der Waals surface area contributed by atoms with Crippen LogP contribution in [0.25, 0.3) is 22.3 Å². The van der Waals surface area contributed by atoms with E-state index in [4.69, 9.17) is 47.0 Å². The molecule has 3 aliphatic heterocycles. The van der Waals surface area contributed by atoms with E-state index in [-0.39, 0.29) is 34.6 Å². The van der Waals surface area contributed by atoms with Crippen molar-refractivity contribution in [2.24, 2.45) is 0 Å². The third-order valence-corrected chi connectivity index (χ3v) is 11.0. The summed E-state index contributed by atoms with van der Waals surface area (Å²) in [5, 5.41) is 96.5. The molecule has 65 heavy (non-hydrogen) atoms. The van der Waals surface area contributed by atoms with E-state index < -0.39 is 140 Å². The van der Waals surface area contributed by atoms with E-state index in [0.29, 0.717) is 5.75 Å². The zero-order valence-electron chi connectivity index (χ0n) is 36.1. The molecule has 15 atom stereocenters. The van der Waals surface area contributed by atoms with Crippen LogP contribution < -0.4 is 19.6 Å². The van der Waals surface area contributed by atoms with Crippen molar-refractivity contribution in [1.82, 2.24) is 0 Å². The van der Waals surface area contributed by atoms with Crippen LogP contribution in [0, 0.1) is 0 Å². The van der Waals surface area contributed by atoms with E-state index in [0.717, 1.165) is 25.5 Å². The van der Waals surface area contributed by atoms with Gasteiger partial charge in [-0.15, -0.1) is 0 Å². The number of aliphatic hydroxyl groups is 8. The summed E-state index contributed by atoms with van der Waals surface area (Å²) in [6.45, 7) is 5.84. The molecule has 3 saturated heterocycles. The summed E-state index contributed by atoms with van der Waals surface area (Å²) in [6, 6.07) is 7.14. The second kappa shape index (κ2) is 20.7. The zero-order valence-corrected chi connectivity index (χ0v) is 36.1. The lowest BCUT2D eigenvalue weighted by Gasteiger charge is -2.46. The highest BCUT2D eigenvalue weighted by molar-refractivity contribution is 5.91. The Kier molecular flexibility index (Phi) is 15.8. The van der Waals surface area contributed by atoms with Gasteiger partial charge in [-0.1, -0.05) is 11.6 Å². The molecule has 9 N–H and O–H groups in total. The molecule has 0 radical (unpaired) electrons. The Balaban J connectivity index is 1.46. The number of fused-ring (bicyclic) bond motifs is 1. The van der Waals surface area contributed by atoms with Crippen LogP contribution in [-0.2, 0) is 44.4 Å². The number of carbonyl (C=O) groups is 2. The maximum Gasteiger partial charge on any atom is 0.303 e. The smallest absolute Gasteiger partial charge is 0.303 e. The zero-order chi connectivity index (χ0) is 47.6. The first-order valence-electron chi connectivity index (χ1n) is 20.5. The lowest BCUT2D eigenvalue weighted by atomic mass is 9.97. The number of rotatable bonds is 14. The summed E-state index contributed by atoms with van der Waals surface area (Å²) in [6.07, 6.45) is -23.8. The van der Waals surface area contributed by atoms with Crippen molar-refractivity contribution in [2.75, 3.05) is 20.3 Å². The topological polar surface area (TPSA) is 329 Å². The summed E-state index contributed by atoms with van der Waals surface area (Å²) in [4.78, 5) is 38.7. The summed E-state index contributed by atoms with van der Waals surface area (Å²) in [7, 11) is 1.43. The maximum atomic E-state index is 14.8. The monoisotopic (exact) mass is 922 g/mol. The van der Waals surface area contributed by atoms with Crippen LogP contribution in [0.5, 0.6) is 23.0 Å². The molecule has 0 aliphatic carbocycles. The number of allylic oxidation sites excluding steroid dienone is 2. The van der Waals surface area contributed by atoms with Gasteiger partial charge in [-0.25, -0.2) is 0 Å². The first-order chi connectivity index (χ1) is 30.7. The van der Waals surface area contributed by atoms with Crippen LogP contribution in [0.4, 0.5) is 0 Å². The minimum absolute atomic E-state index is 0.0157. The lowest BCUT2D eigenvalue weighted by Crippen LogP contribution is -2.65. The molecule has 0 bridgehead atoms. The predicted octanol–water partition coefficient (Wildman–Crippen LogP) is -0.966. The highest BCUT2D eigenvalue weighted by Gasteiger charge is 2.53. The van der Waals surface area contributed by atoms with Gasteiger partial charge >= 0.3 is 11.9 Å². The fourth-order valence-electron chi connectivity index (χ4n) is 7.53. The second-order valence-electron chi connectivity index (χ2n) is 16.0. The second-order valence-corrected chi connectivity index (χ2v) is 16.0. The van der Waals surface area contributed by atoms with Crippen LogP contribution in [-0.4, -0.2) is 170 Å². The minimum atomic E-state index is -2.02. The number of carbonyl (C=O) groups excluding carboxylic acids is 2. The summed E-state index contributed by atoms with van der Waals surface area (Å²) in [5.41, 5.74) is -0.123. The van der Waals surface area contributed by atoms with E-state index in [1.54, 1.807) is 32.1 Å². The normalized spacial score (nSPS) is 32.6. The van der Waals surface area contributed by atoms with Gasteiger partial charge in [-0.2, -0.15) is 0 Å². The van der Waals surface area contributed by atoms with E-state index >= 15 is 0 Å². The SMILES string of the molecule is COc1ccc(-c2oc3c(CC=C(C)C)c(O[C@@H]4O[C@H](CO)[C@@H](O)[C@H](O)[C@H]4O)cc(O)c3c(=O)c2O[C@@H]2O[C@H](C)[C@H](OC(C)=O)[C@@H](O[C@@H]3O[C@H](COC(C)=O)[C@@H](O)[C@H](O)[C@H]3O)[C@H]2O)cc1. The fourth-order valence-corrected chi connectivity index (χ4v) is 7.53. The molecule has 2 aromatic carbocycles. The van der Waals surface area contributed by atoms with Crippen LogP contribution in [0.1, 0.15) is 40.2 Å². The molecule has 3 aliphatic rings. The third kappa shape index (κ3) is 10.5. The van der Waals surface area contributed by atoms with Gasteiger partial charge in [-0.05, 0) is 51.5 Å². The molecular formula is C43H54O22. The Morgan fingerprint density at radius 2 is 1.37 bits per heavy atom. The number of phenolic OH excluding ortho intramolecular Hbond substituents is 1. The van der Waals surface area contributed by atoms with Crippen LogP contribution in [0.2, 0.25) is 0 Å². The van der Waals surface area contributed by atoms with Crippen molar-refractivity contribution in [3.63, 3.8) is 0 Å². The molecule has 358 valence electrons. The lowest BCUT2D eigenvalue weighted by molar-refractivity contribution is -0.351. The number of phenols is 1. The molecule has 0 amide bonds. The number of aromatic hydroxyl groups is 1. The van der Waals surface area contributed by atoms with Crippen molar-refractivity contribution in [3.8, 4) is 34.3 Å². The third-order valence-electron chi connectivity index (χ3n) is 11.0. The fraction of sp³-hybridized carbons (Fsp3) is 0.558. The molecule has 4 heterocycles. The average Bonchev–Trinajstić information content (AvgIpc) is 3.26. The first kappa shape index (κ1) is 49.5. The Labute approximate surface area is 370 Å². The highest BCUT2D eigenvalue weighted by atomic mass is 16.7. The molecule has 3 fully saturated rings. The number of ether oxygens (including phenoxy) is 9. The first-order valence-corrected chi connectivity index (χ1v) is 20.5. The number of methoxy groups -OCH3 is 1. The standard InChI is InChI=1S/C43H54O22/c1-16(2)7-12-22-24(60-41-33(53)31(51)28(48)25(14-44)61-41)13-23(47)27-30(50)39(37(63-38(22)27)20-8-10-21(56-6)11-9-20)64-43-35(55)40(36(17(3)58-43)59-19(5)46)65-42-34(54)32(52)29(49)26(62-42)15-57-18(4)45/h7-11,13,17,25-26,28-29,31-36,40-44,47-49,51-55H,12,14-15H2,1-6H3/t17-,25-,26-,28-,29-,31+,32+,33-,34-,35-,36+,40+,41-,42+,43+/m1/s1. The molecule has 22 heteroatoms. The molecular weight excluding hydrogens is 868 g/mol. The van der Waals surface area contributed by atoms with Gasteiger partial charge in [0.2, 0.25) is 23.8 Å². The van der Waals surface area contributed by atoms with E-state index in [1.165, 1.54) is 26.2 Å². The van der Waals surface area contributed by atoms with Gasteiger partial charge in [0.1, 0.15) is 95.9 Å². The average molecular weight is 923 g/mol. The molecule has 22 nitrogen and oxygen atoms in total. The van der Waals surface area contributed by atoms with Crippen molar-refractivity contribution < 1.29 is 103 Å². The summed E-state index contributed by atoms with van der Waals surface area (Å²) < 4.78 is 57.5. The molecule has 0 unspecified atom stereocenters. The number of aliphatic hydroxyl groups excluding tert-OH is 8. The van der Waals surface area contributed by atoms with Crippen molar-refractivity contribution in [2.45, 2.75) is 133 Å². The Hall–Kier alpha value is -4.95. The van der Waals surface area contributed by atoms with Crippen molar-refractivity contribution in [3.05, 3.63) is 57.8 Å². The van der Waals surface area contributed by atoms with E-state index in [9.17, 15) is 60.3 Å². The Morgan fingerprint density at radius 1 is 0.754 bits per heavy atom. The number of hydrogen-bond acceptors (Lipinski definition) is 22. The van der Waals surface area contributed by atoms with Gasteiger partial charge in [0, 0.05) is 31.0 Å². The van der Waals surface area contributed by atoms with Gasteiger partial charge in [0.25, 0.3) is 0 Å². The van der Waals surface area contributed by atoms with E-state index in [2.05, 4.69) is 0 Å². The highest BCUT2D eigenvalue weighted by Crippen LogP contribution is 2.42. The van der Waals surface area contributed by atoms with Crippen molar-refractivity contribution in [1.29, 1.82) is 0 Å². The predicted molar refractivity (Wildman–Crippen MR) is 218 cm³/mol. The molecule has 6 rings (SSSR count). The van der Waals surface area contributed by atoms with Crippen LogP contribution >= 0.6 is 0 Å². The summed E-state index contributed by atoms with van der Waals surface area (Å²) >= 11 is 0. The quantitative estimate of drug-likeness (QED) is 0.0694. The minimum Gasteiger partial charge on any atom is -0.507 e. The molecule has 0 saturated carbocycles. The Morgan fingerprint density at radius 3 is 1.97 bits per heavy atom. The number of esters is 2. The molecule has 3 aromatic rings. The van der Waals surface area contributed by atoms with Crippen LogP contribution in [0.15, 0.2) is 51.2 Å². The van der Waals surface area contributed by atoms with E-state index in [1.807, 2.05) is 0 Å². The summed E-state index contributed by atoms with van der Waals surface area (Å²) in [5.74, 6) is -3.00. The Bertz CT molecular complexity index is 2240. The molecule has 1 aromatic heterocycles. The number of hydrogen-bond donors (Lipinski definition) is 9. The van der Waals surface area contributed by atoms with Crippen LogP contribution in [0.3, 0.4) is 0 Å². The van der Waals surface area contributed by atoms with Gasteiger partial charge in [0.15, 0.2) is 18.2 Å². The maximum absolute atomic E-state index is 14.8. The van der Waals surface area contributed by atoms with Gasteiger partial charge in [0.05, 0.1) is 19.8 Å². The largest absolute Gasteiger partial charge is 0.507 e. The number of benzene rings is 2. The van der Waals surface area contributed by atoms with Gasteiger partial charge in [-0.3, -0.25) is 14.4 Å². The van der Waals surface area contributed by atoms with Crippen molar-refractivity contribution >= 4 is 22.9 Å². The van der Waals surface area contributed by atoms with Gasteiger partial charge < -0.3 is 93.0 Å². The molecule has 0 spiro atoms.